The average molecular weight is 306 g/mol. The normalized spacial score (nSPS) is 15.6. The van der Waals surface area contributed by atoms with Gasteiger partial charge in [-0.25, -0.2) is 0 Å². The van der Waals surface area contributed by atoms with Crippen LogP contribution in [-0.4, -0.2) is 11.4 Å². The first-order chi connectivity index (χ1) is 10.4. The summed E-state index contributed by atoms with van der Waals surface area (Å²) in [6.07, 6.45) is -3.43. The SMILES string of the molecule is Nc1cc(CN2CCc3ccccc3C2)ccc1C(F)(F)F. The molecule has 2 N–H and O–H groups in total. The van der Waals surface area contributed by atoms with E-state index in [4.69, 9.17) is 5.73 Å². The molecule has 0 aliphatic carbocycles. The van der Waals surface area contributed by atoms with Crippen LogP contribution >= 0.6 is 0 Å². The van der Waals surface area contributed by atoms with Crippen LogP contribution in [0.3, 0.4) is 0 Å². The Morgan fingerprint density at radius 3 is 2.45 bits per heavy atom. The summed E-state index contributed by atoms with van der Waals surface area (Å²) in [6, 6.07) is 12.3. The zero-order valence-electron chi connectivity index (χ0n) is 12.0. The third-order valence-corrected chi connectivity index (χ3v) is 4.04. The fourth-order valence-corrected chi connectivity index (χ4v) is 2.92. The van der Waals surface area contributed by atoms with E-state index in [0.29, 0.717) is 6.54 Å². The van der Waals surface area contributed by atoms with Crippen molar-refractivity contribution in [1.29, 1.82) is 0 Å². The lowest BCUT2D eigenvalue weighted by Gasteiger charge is -2.29. The standard InChI is InChI=1S/C17H17F3N2/c18-17(19,20)15-6-5-12(9-16(15)21)10-22-8-7-13-3-1-2-4-14(13)11-22/h1-6,9H,7-8,10-11,21H2. The van der Waals surface area contributed by atoms with Crippen molar-refractivity contribution in [3.63, 3.8) is 0 Å². The summed E-state index contributed by atoms with van der Waals surface area (Å²) in [5, 5.41) is 0. The number of benzene rings is 2. The Morgan fingerprint density at radius 1 is 1.05 bits per heavy atom. The number of hydrogen-bond donors (Lipinski definition) is 1. The highest BCUT2D eigenvalue weighted by molar-refractivity contribution is 5.50. The molecule has 22 heavy (non-hydrogen) atoms. The Hall–Kier alpha value is -2.01. The predicted octanol–water partition coefficient (Wildman–Crippen LogP) is 3.85. The molecule has 3 rings (SSSR count). The third-order valence-electron chi connectivity index (χ3n) is 4.04. The van der Waals surface area contributed by atoms with Gasteiger partial charge in [0.15, 0.2) is 0 Å². The van der Waals surface area contributed by atoms with Crippen molar-refractivity contribution in [2.24, 2.45) is 0 Å². The molecule has 0 saturated carbocycles. The van der Waals surface area contributed by atoms with Crippen LogP contribution in [0.25, 0.3) is 0 Å². The van der Waals surface area contributed by atoms with E-state index >= 15 is 0 Å². The van der Waals surface area contributed by atoms with E-state index in [1.54, 1.807) is 0 Å². The molecule has 2 nitrogen and oxygen atoms in total. The van der Waals surface area contributed by atoms with E-state index in [9.17, 15) is 13.2 Å². The highest BCUT2D eigenvalue weighted by atomic mass is 19.4. The van der Waals surface area contributed by atoms with Crippen LogP contribution in [0.15, 0.2) is 42.5 Å². The van der Waals surface area contributed by atoms with Gasteiger partial charge >= 0.3 is 6.18 Å². The van der Waals surface area contributed by atoms with E-state index in [1.807, 2.05) is 12.1 Å². The van der Waals surface area contributed by atoms with Gasteiger partial charge in [0, 0.05) is 25.3 Å². The summed E-state index contributed by atoms with van der Waals surface area (Å²) in [4.78, 5) is 2.23. The molecule has 0 saturated heterocycles. The molecule has 2 aromatic rings. The van der Waals surface area contributed by atoms with Crippen molar-refractivity contribution in [3.8, 4) is 0 Å². The van der Waals surface area contributed by atoms with Gasteiger partial charge in [-0.1, -0.05) is 30.3 Å². The lowest BCUT2D eigenvalue weighted by molar-refractivity contribution is -0.136. The lowest BCUT2D eigenvalue weighted by atomic mass is 9.99. The maximum Gasteiger partial charge on any atom is 0.418 e. The molecule has 0 spiro atoms. The zero-order chi connectivity index (χ0) is 15.7. The quantitative estimate of drug-likeness (QED) is 0.854. The molecule has 0 atom stereocenters. The second-order valence-corrected chi connectivity index (χ2v) is 5.65. The number of nitrogens with two attached hydrogens (primary N) is 1. The fraction of sp³-hybridized carbons (Fsp3) is 0.294. The Balaban J connectivity index is 1.74. The molecule has 5 heteroatoms. The van der Waals surface area contributed by atoms with Gasteiger partial charge in [-0.15, -0.1) is 0 Å². The van der Waals surface area contributed by atoms with Gasteiger partial charge in [0.1, 0.15) is 0 Å². The molecule has 0 bridgehead atoms. The maximum absolute atomic E-state index is 12.7. The Bertz CT molecular complexity index is 680. The van der Waals surface area contributed by atoms with E-state index in [2.05, 4.69) is 17.0 Å². The van der Waals surface area contributed by atoms with E-state index in [1.165, 1.54) is 23.3 Å². The monoisotopic (exact) mass is 306 g/mol. The average Bonchev–Trinajstić information content (AvgIpc) is 2.46. The van der Waals surface area contributed by atoms with Crippen LogP contribution in [0.2, 0.25) is 0 Å². The topological polar surface area (TPSA) is 29.3 Å². The second kappa shape index (κ2) is 5.65. The highest BCUT2D eigenvalue weighted by Gasteiger charge is 2.32. The van der Waals surface area contributed by atoms with Gasteiger partial charge in [0.05, 0.1) is 5.56 Å². The van der Waals surface area contributed by atoms with Gasteiger partial charge in [-0.05, 0) is 35.2 Å². The largest absolute Gasteiger partial charge is 0.418 e. The number of fused-ring (bicyclic) bond motifs is 1. The molecule has 2 aromatic carbocycles. The first-order valence-electron chi connectivity index (χ1n) is 7.18. The van der Waals surface area contributed by atoms with Crippen molar-refractivity contribution < 1.29 is 13.2 Å². The maximum atomic E-state index is 12.7. The summed E-state index contributed by atoms with van der Waals surface area (Å²) in [6.45, 7) is 2.33. The van der Waals surface area contributed by atoms with Gasteiger partial charge in [0.25, 0.3) is 0 Å². The molecule has 0 aromatic heterocycles. The zero-order valence-corrected chi connectivity index (χ0v) is 12.0. The van der Waals surface area contributed by atoms with Crippen molar-refractivity contribution in [2.45, 2.75) is 25.7 Å². The minimum Gasteiger partial charge on any atom is -0.398 e. The third kappa shape index (κ3) is 3.09. The lowest BCUT2D eigenvalue weighted by Crippen LogP contribution is -2.30. The van der Waals surface area contributed by atoms with Crippen LogP contribution in [-0.2, 0) is 25.7 Å². The Labute approximate surface area is 127 Å². The first kappa shape index (κ1) is 14.9. The Kier molecular flexibility index (Phi) is 3.83. The molecule has 1 heterocycles. The number of nitrogens with zero attached hydrogens (tertiary/aromatic N) is 1. The molecule has 1 aliphatic heterocycles. The number of anilines is 1. The van der Waals surface area contributed by atoms with Crippen LogP contribution in [0, 0.1) is 0 Å². The summed E-state index contributed by atoms with van der Waals surface area (Å²) >= 11 is 0. The van der Waals surface area contributed by atoms with Gasteiger partial charge in [0.2, 0.25) is 0 Å². The van der Waals surface area contributed by atoms with Crippen molar-refractivity contribution >= 4 is 5.69 Å². The summed E-state index contributed by atoms with van der Waals surface area (Å²) in [5.74, 6) is 0. The summed E-state index contributed by atoms with van der Waals surface area (Å²) in [7, 11) is 0. The smallest absolute Gasteiger partial charge is 0.398 e. The minimum absolute atomic E-state index is 0.206. The fourth-order valence-electron chi connectivity index (χ4n) is 2.92. The summed E-state index contributed by atoms with van der Waals surface area (Å²) in [5.41, 5.74) is 8.03. The molecule has 116 valence electrons. The molecule has 1 aliphatic rings. The van der Waals surface area contributed by atoms with Crippen LogP contribution in [0.4, 0.5) is 18.9 Å². The number of halogens is 3. The van der Waals surface area contributed by atoms with Gasteiger partial charge in [-0.2, -0.15) is 13.2 Å². The van der Waals surface area contributed by atoms with Crippen molar-refractivity contribution in [1.82, 2.24) is 4.90 Å². The molecule has 0 unspecified atom stereocenters. The molecular weight excluding hydrogens is 289 g/mol. The van der Waals surface area contributed by atoms with Crippen LogP contribution < -0.4 is 5.73 Å². The molecule has 0 fully saturated rings. The van der Waals surface area contributed by atoms with Gasteiger partial charge < -0.3 is 5.73 Å². The highest BCUT2D eigenvalue weighted by Crippen LogP contribution is 2.34. The predicted molar refractivity (Wildman–Crippen MR) is 80.1 cm³/mol. The first-order valence-corrected chi connectivity index (χ1v) is 7.18. The number of hydrogen-bond acceptors (Lipinski definition) is 2. The number of rotatable bonds is 2. The second-order valence-electron chi connectivity index (χ2n) is 5.65. The van der Waals surface area contributed by atoms with E-state index in [0.717, 1.165) is 31.1 Å². The summed E-state index contributed by atoms with van der Waals surface area (Å²) < 4.78 is 38.1. The molecular formula is C17H17F3N2. The van der Waals surface area contributed by atoms with Crippen molar-refractivity contribution in [2.75, 3.05) is 12.3 Å². The van der Waals surface area contributed by atoms with Crippen LogP contribution in [0.5, 0.6) is 0 Å². The van der Waals surface area contributed by atoms with E-state index in [-0.39, 0.29) is 5.69 Å². The van der Waals surface area contributed by atoms with E-state index < -0.39 is 11.7 Å². The van der Waals surface area contributed by atoms with Gasteiger partial charge in [-0.3, -0.25) is 4.90 Å². The number of alkyl halides is 3. The number of nitrogen functional groups attached to an aromatic ring is 1. The molecule has 0 amide bonds. The van der Waals surface area contributed by atoms with Crippen molar-refractivity contribution in [3.05, 3.63) is 64.7 Å². The van der Waals surface area contributed by atoms with Crippen LogP contribution in [0.1, 0.15) is 22.3 Å². The molecule has 0 radical (unpaired) electrons. The Morgan fingerprint density at radius 2 is 1.77 bits per heavy atom. The minimum atomic E-state index is -4.40.